The summed E-state index contributed by atoms with van der Waals surface area (Å²) in [6, 6.07) is 3.49. The van der Waals surface area contributed by atoms with Crippen LogP contribution >= 0.6 is 0 Å². The quantitative estimate of drug-likeness (QED) is 0.821. The molecule has 6 nitrogen and oxygen atoms in total. The minimum absolute atomic E-state index is 0.430. The van der Waals surface area contributed by atoms with Crippen molar-refractivity contribution in [3.05, 3.63) is 23.9 Å². The molecule has 0 spiro atoms. The van der Waals surface area contributed by atoms with Gasteiger partial charge in [0, 0.05) is 18.2 Å². The standard InChI is InChI=1S/C13H13N3O3/c1-16-13(14)10(6-15-16)9-3-2-8(7-17)11-12(9)19-5-4-18-11/h2-3,6-7H,4-5,14H2,1H3. The third kappa shape index (κ3) is 1.72. The van der Waals surface area contributed by atoms with Crippen molar-refractivity contribution in [3.8, 4) is 22.6 Å². The molecule has 0 atom stereocenters. The summed E-state index contributed by atoms with van der Waals surface area (Å²) < 4.78 is 12.8. The van der Waals surface area contributed by atoms with E-state index in [-0.39, 0.29) is 0 Å². The maximum absolute atomic E-state index is 11.0. The highest BCUT2D eigenvalue weighted by Gasteiger charge is 2.22. The Morgan fingerprint density at radius 2 is 2.00 bits per heavy atom. The van der Waals surface area contributed by atoms with Crippen molar-refractivity contribution in [2.45, 2.75) is 0 Å². The van der Waals surface area contributed by atoms with E-state index in [0.717, 1.165) is 17.4 Å². The second kappa shape index (κ2) is 4.31. The molecule has 3 rings (SSSR count). The van der Waals surface area contributed by atoms with Gasteiger partial charge in [-0.05, 0) is 12.1 Å². The molecule has 0 saturated carbocycles. The maximum Gasteiger partial charge on any atom is 0.172 e. The molecular weight excluding hydrogens is 246 g/mol. The molecule has 0 fully saturated rings. The lowest BCUT2D eigenvalue weighted by molar-refractivity contribution is 0.111. The summed E-state index contributed by atoms with van der Waals surface area (Å²) in [6.45, 7) is 0.877. The number of aryl methyl sites for hydroxylation is 1. The summed E-state index contributed by atoms with van der Waals surface area (Å²) in [5.41, 5.74) is 7.99. The number of ether oxygens (including phenoxy) is 2. The van der Waals surface area contributed by atoms with Crippen LogP contribution in [0.5, 0.6) is 11.5 Å². The lowest BCUT2D eigenvalue weighted by Crippen LogP contribution is -2.17. The van der Waals surface area contributed by atoms with Gasteiger partial charge in [0.25, 0.3) is 0 Å². The molecule has 19 heavy (non-hydrogen) atoms. The first-order valence-electron chi connectivity index (χ1n) is 5.88. The van der Waals surface area contributed by atoms with E-state index in [4.69, 9.17) is 15.2 Å². The molecule has 0 aliphatic carbocycles. The first-order chi connectivity index (χ1) is 9.22. The zero-order chi connectivity index (χ0) is 13.4. The number of carbonyl (C=O) groups is 1. The van der Waals surface area contributed by atoms with Crippen LogP contribution in [-0.4, -0.2) is 29.3 Å². The molecule has 1 aliphatic rings. The number of nitrogens with zero attached hydrogens (tertiary/aromatic N) is 2. The number of benzene rings is 1. The smallest absolute Gasteiger partial charge is 0.172 e. The van der Waals surface area contributed by atoms with E-state index in [1.807, 2.05) is 0 Å². The Balaban J connectivity index is 2.22. The predicted octanol–water partition coefficient (Wildman–Crippen LogP) is 1.25. The van der Waals surface area contributed by atoms with Crippen LogP contribution in [0.3, 0.4) is 0 Å². The predicted molar refractivity (Wildman–Crippen MR) is 69.4 cm³/mol. The highest BCUT2D eigenvalue weighted by atomic mass is 16.6. The molecule has 0 unspecified atom stereocenters. The van der Waals surface area contributed by atoms with E-state index in [1.54, 1.807) is 30.1 Å². The second-order valence-corrected chi connectivity index (χ2v) is 4.24. The van der Waals surface area contributed by atoms with E-state index in [1.165, 1.54) is 0 Å². The largest absolute Gasteiger partial charge is 0.485 e. The van der Waals surface area contributed by atoms with Gasteiger partial charge in [-0.3, -0.25) is 9.48 Å². The van der Waals surface area contributed by atoms with Crippen molar-refractivity contribution in [3.63, 3.8) is 0 Å². The number of fused-ring (bicyclic) bond motifs is 1. The summed E-state index contributed by atoms with van der Waals surface area (Å²) in [5, 5.41) is 4.11. The van der Waals surface area contributed by atoms with Gasteiger partial charge in [0.2, 0.25) is 0 Å². The number of nitrogen functional groups attached to an aromatic ring is 1. The van der Waals surface area contributed by atoms with Gasteiger partial charge in [-0.2, -0.15) is 5.10 Å². The molecular formula is C13H13N3O3. The zero-order valence-electron chi connectivity index (χ0n) is 10.4. The van der Waals surface area contributed by atoms with Crippen molar-refractivity contribution in [1.82, 2.24) is 9.78 Å². The first kappa shape index (κ1) is 11.6. The topological polar surface area (TPSA) is 79.4 Å². The van der Waals surface area contributed by atoms with Gasteiger partial charge in [-0.25, -0.2) is 0 Å². The molecule has 6 heteroatoms. The minimum atomic E-state index is 0.430. The van der Waals surface area contributed by atoms with Crippen LogP contribution in [0.2, 0.25) is 0 Å². The Morgan fingerprint density at radius 3 is 2.63 bits per heavy atom. The Bertz CT molecular complexity index is 649. The van der Waals surface area contributed by atoms with Crippen molar-refractivity contribution in [2.24, 2.45) is 7.05 Å². The highest BCUT2D eigenvalue weighted by molar-refractivity contribution is 5.88. The molecule has 2 aromatic rings. The van der Waals surface area contributed by atoms with Gasteiger partial charge < -0.3 is 15.2 Å². The van der Waals surface area contributed by atoms with E-state index in [0.29, 0.717) is 36.1 Å². The fraction of sp³-hybridized carbons (Fsp3) is 0.231. The number of carbonyl (C=O) groups excluding carboxylic acids is 1. The molecule has 0 amide bonds. The lowest BCUT2D eigenvalue weighted by atomic mass is 10.0. The van der Waals surface area contributed by atoms with Gasteiger partial charge in [-0.15, -0.1) is 0 Å². The number of aromatic nitrogens is 2. The highest BCUT2D eigenvalue weighted by Crippen LogP contribution is 2.43. The number of anilines is 1. The van der Waals surface area contributed by atoms with E-state index < -0.39 is 0 Å². The van der Waals surface area contributed by atoms with Gasteiger partial charge >= 0.3 is 0 Å². The zero-order valence-corrected chi connectivity index (χ0v) is 10.4. The summed E-state index contributed by atoms with van der Waals surface area (Å²) in [5.74, 6) is 1.56. The van der Waals surface area contributed by atoms with Gasteiger partial charge in [-0.1, -0.05) is 0 Å². The van der Waals surface area contributed by atoms with Crippen LogP contribution in [0.1, 0.15) is 10.4 Å². The summed E-state index contributed by atoms with van der Waals surface area (Å²) in [7, 11) is 1.77. The molecule has 1 aromatic heterocycles. The van der Waals surface area contributed by atoms with Crippen LogP contribution in [0.25, 0.3) is 11.1 Å². The summed E-state index contributed by atoms with van der Waals surface area (Å²) in [4.78, 5) is 11.0. The Morgan fingerprint density at radius 1 is 1.26 bits per heavy atom. The number of aldehydes is 1. The van der Waals surface area contributed by atoms with Crippen LogP contribution in [-0.2, 0) is 7.05 Å². The molecule has 98 valence electrons. The Kier molecular flexibility index (Phi) is 2.63. The van der Waals surface area contributed by atoms with E-state index in [9.17, 15) is 4.79 Å². The molecule has 2 heterocycles. The second-order valence-electron chi connectivity index (χ2n) is 4.24. The summed E-state index contributed by atoms with van der Waals surface area (Å²) in [6.07, 6.45) is 2.42. The third-order valence-electron chi connectivity index (χ3n) is 3.12. The molecule has 1 aromatic carbocycles. The number of hydrogen-bond donors (Lipinski definition) is 1. The van der Waals surface area contributed by atoms with Crippen LogP contribution in [0.15, 0.2) is 18.3 Å². The SMILES string of the molecule is Cn1ncc(-c2ccc(C=O)c3c2OCCO3)c1N. The van der Waals surface area contributed by atoms with Gasteiger partial charge in [0.1, 0.15) is 19.0 Å². The number of nitrogens with two attached hydrogens (primary N) is 1. The van der Waals surface area contributed by atoms with Crippen molar-refractivity contribution in [1.29, 1.82) is 0 Å². The fourth-order valence-electron chi connectivity index (χ4n) is 2.12. The average molecular weight is 259 g/mol. The van der Waals surface area contributed by atoms with Crippen LogP contribution in [0, 0.1) is 0 Å². The fourth-order valence-corrected chi connectivity index (χ4v) is 2.12. The average Bonchev–Trinajstić information content (AvgIpc) is 2.78. The lowest BCUT2D eigenvalue weighted by Gasteiger charge is -2.22. The third-order valence-corrected chi connectivity index (χ3v) is 3.12. The summed E-state index contributed by atoms with van der Waals surface area (Å²) >= 11 is 0. The van der Waals surface area contributed by atoms with Gasteiger partial charge in [0.05, 0.1) is 11.8 Å². The molecule has 1 aliphatic heterocycles. The molecule has 0 bridgehead atoms. The Labute approximate surface area is 109 Å². The normalized spacial score (nSPS) is 13.3. The van der Waals surface area contributed by atoms with Crippen LogP contribution in [0.4, 0.5) is 5.82 Å². The number of hydrogen-bond acceptors (Lipinski definition) is 5. The van der Waals surface area contributed by atoms with Crippen molar-refractivity contribution in [2.75, 3.05) is 18.9 Å². The maximum atomic E-state index is 11.0. The van der Waals surface area contributed by atoms with E-state index >= 15 is 0 Å². The van der Waals surface area contributed by atoms with Crippen LogP contribution < -0.4 is 15.2 Å². The van der Waals surface area contributed by atoms with E-state index in [2.05, 4.69) is 5.10 Å². The van der Waals surface area contributed by atoms with Crippen molar-refractivity contribution < 1.29 is 14.3 Å². The monoisotopic (exact) mass is 259 g/mol. The Hall–Kier alpha value is -2.50. The number of rotatable bonds is 2. The molecule has 0 saturated heterocycles. The van der Waals surface area contributed by atoms with Gasteiger partial charge in [0.15, 0.2) is 17.8 Å². The minimum Gasteiger partial charge on any atom is -0.485 e. The molecule has 0 radical (unpaired) electrons. The molecule has 2 N–H and O–H groups in total. The first-order valence-corrected chi connectivity index (χ1v) is 5.88. The van der Waals surface area contributed by atoms with Crippen molar-refractivity contribution >= 4 is 12.1 Å².